The summed E-state index contributed by atoms with van der Waals surface area (Å²) in [6, 6.07) is 7.74. The third-order valence-electron chi connectivity index (χ3n) is 2.82. The number of nitrogen functional groups attached to an aromatic ring is 1. The average molecular weight is 271 g/mol. The van der Waals surface area contributed by atoms with Crippen LogP contribution < -0.4 is 5.73 Å². The Morgan fingerprint density at radius 1 is 1.32 bits per heavy atom. The minimum atomic E-state index is 0.744. The van der Waals surface area contributed by atoms with Crippen LogP contribution in [0.3, 0.4) is 0 Å². The maximum atomic E-state index is 5.96. The van der Waals surface area contributed by atoms with E-state index in [9.17, 15) is 0 Å². The number of hydrogen-bond acceptors (Lipinski definition) is 5. The molecule has 96 valence electrons. The highest BCUT2D eigenvalue weighted by atomic mass is 32.1. The van der Waals surface area contributed by atoms with Crippen molar-refractivity contribution >= 4 is 17.2 Å². The van der Waals surface area contributed by atoms with E-state index in [1.807, 2.05) is 37.4 Å². The molecule has 0 aliphatic rings. The lowest BCUT2D eigenvalue weighted by molar-refractivity contribution is 0.854. The summed E-state index contributed by atoms with van der Waals surface area (Å²) in [5, 5.41) is 5.10. The SMILES string of the molecule is CCc1nsc(-n2cc(-c3ccccc3N)cn2)n1. The molecule has 0 spiro atoms. The fourth-order valence-electron chi connectivity index (χ4n) is 1.81. The fourth-order valence-corrected chi connectivity index (χ4v) is 2.49. The summed E-state index contributed by atoms with van der Waals surface area (Å²) < 4.78 is 5.99. The maximum absolute atomic E-state index is 5.96. The van der Waals surface area contributed by atoms with Gasteiger partial charge in [-0.25, -0.2) is 9.67 Å². The van der Waals surface area contributed by atoms with E-state index in [-0.39, 0.29) is 0 Å². The minimum absolute atomic E-state index is 0.744. The molecule has 0 aliphatic carbocycles. The Balaban J connectivity index is 1.97. The van der Waals surface area contributed by atoms with Crippen molar-refractivity contribution in [1.82, 2.24) is 19.1 Å². The lowest BCUT2D eigenvalue weighted by atomic mass is 10.1. The van der Waals surface area contributed by atoms with Crippen LogP contribution in [0.5, 0.6) is 0 Å². The van der Waals surface area contributed by atoms with Crippen LogP contribution in [-0.2, 0) is 6.42 Å². The van der Waals surface area contributed by atoms with Crippen LogP contribution in [0.15, 0.2) is 36.7 Å². The Morgan fingerprint density at radius 3 is 2.89 bits per heavy atom. The number of para-hydroxylation sites is 1. The standard InChI is InChI=1S/C13H13N5S/c1-2-12-16-13(19-17-12)18-8-9(7-15-18)10-5-3-4-6-11(10)14/h3-8H,2,14H2,1H3. The van der Waals surface area contributed by atoms with Crippen molar-refractivity contribution in [1.29, 1.82) is 0 Å². The first kappa shape index (κ1) is 11.9. The van der Waals surface area contributed by atoms with E-state index in [0.717, 1.165) is 34.2 Å². The topological polar surface area (TPSA) is 69.6 Å². The van der Waals surface area contributed by atoms with Crippen molar-refractivity contribution in [2.24, 2.45) is 0 Å². The molecule has 2 aromatic heterocycles. The zero-order chi connectivity index (χ0) is 13.2. The number of nitrogens with two attached hydrogens (primary N) is 1. The fraction of sp³-hybridized carbons (Fsp3) is 0.154. The van der Waals surface area contributed by atoms with Gasteiger partial charge in [-0.2, -0.15) is 9.47 Å². The Morgan fingerprint density at radius 2 is 2.16 bits per heavy atom. The maximum Gasteiger partial charge on any atom is 0.230 e. The summed E-state index contributed by atoms with van der Waals surface area (Å²) >= 11 is 1.35. The second kappa shape index (κ2) is 4.81. The predicted molar refractivity (Wildman–Crippen MR) is 76.3 cm³/mol. The number of anilines is 1. The van der Waals surface area contributed by atoms with Gasteiger partial charge in [0.05, 0.1) is 6.20 Å². The van der Waals surface area contributed by atoms with Crippen molar-refractivity contribution in [2.75, 3.05) is 5.73 Å². The highest BCUT2D eigenvalue weighted by Gasteiger charge is 2.09. The van der Waals surface area contributed by atoms with Crippen LogP contribution >= 0.6 is 11.5 Å². The van der Waals surface area contributed by atoms with Crippen LogP contribution in [-0.4, -0.2) is 19.1 Å². The molecule has 0 unspecified atom stereocenters. The molecule has 0 saturated carbocycles. The Hall–Kier alpha value is -2.21. The summed E-state index contributed by atoms with van der Waals surface area (Å²) in [5.74, 6) is 0.844. The number of rotatable bonds is 3. The molecule has 0 aliphatic heterocycles. The second-order valence-electron chi connectivity index (χ2n) is 4.11. The first-order valence-electron chi connectivity index (χ1n) is 6.00. The molecule has 2 N–H and O–H groups in total. The first-order valence-corrected chi connectivity index (χ1v) is 6.77. The van der Waals surface area contributed by atoms with Crippen molar-refractivity contribution in [2.45, 2.75) is 13.3 Å². The van der Waals surface area contributed by atoms with Crippen LogP contribution in [0, 0.1) is 0 Å². The van der Waals surface area contributed by atoms with Gasteiger partial charge in [0, 0.05) is 41.0 Å². The molecule has 0 atom stereocenters. The van der Waals surface area contributed by atoms with Crippen LogP contribution in [0.25, 0.3) is 16.3 Å². The molecule has 0 saturated heterocycles. The Kier molecular flexibility index (Phi) is 3.00. The third-order valence-corrected chi connectivity index (χ3v) is 3.57. The van der Waals surface area contributed by atoms with Crippen molar-refractivity contribution in [3.05, 3.63) is 42.5 Å². The quantitative estimate of drug-likeness (QED) is 0.743. The van der Waals surface area contributed by atoms with Crippen molar-refractivity contribution < 1.29 is 0 Å². The van der Waals surface area contributed by atoms with Crippen molar-refractivity contribution in [3.8, 4) is 16.3 Å². The molecule has 19 heavy (non-hydrogen) atoms. The average Bonchev–Trinajstić information content (AvgIpc) is 3.08. The van der Waals surface area contributed by atoms with Gasteiger partial charge in [-0.1, -0.05) is 25.1 Å². The minimum Gasteiger partial charge on any atom is -0.398 e. The molecular weight excluding hydrogens is 258 g/mol. The summed E-state index contributed by atoms with van der Waals surface area (Å²) in [6.07, 6.45) is 4.54. The molecule has 1 aromatic carbocycles. The monoisotopic (exact) mass is 271 g/mol. The molecule has 2 heterocycles. The van der Waals surface area contributed by atoms with Gasteiger partial charge in [-0.05, 0) is 6.07 Å². The molecule has 6 heteroatoms. The molecule has 0 fully saturated rings. The number of hydrogen-bond donors (Lipinski definition) is 1. The van der Waals surface area contributed by atoms with E-state index < -0.39 is 0 Å². The predicted octanol–water partition coefficient (Wildman–Crippen LogP) is 2.54. The smallest absolute Gasteiger partial charge is 0.230 e. The van der Waals surface area contributed by atoms with E-state index in [4.69, 9.17) is 5.73 Å². The number of nitrogens with zero attached hydrogens (tertiary/aromatic N) is 4. The molecular formula is C13H13N5S. The number of aryl methyl sites for hydroxylation is 1. The van der Waals surface area contributed by atoms with E-state index in [2.05, 4.69) is 14.5 Å². The van der Waals surface area contributed by atoms with Gasteiger partial charge in [-0.15, -0.1) is 0 Å². The summed E-state index contributed by atoms with van der Waals surface area (Å²) in [4.78, 5) is 4.41. The summed E-state index contributed by atoms with van der Waals surface area (Å²) in [7, 11) is 0. The normalized spacial score (nSPS) is 10.8. The van der Waals surface area contributed by atoms with E-state index in [1.165, 1.54) is 11.5 Å². The molecule has 5 nitrogen and oxygen atoms in total. The highest BCUT2D eigenvalue weighted by molar-refractivity contribution is 7.08. The number of aromatic nitrogens is 4. The lowest BCUT2D eigenvalue weighted by Gasteiger charge is -2.00. The van der Waals surface area contributed by atoms with Crippen LogP contribution in [0.1, 0.15) is 12.7 Å². The van der Waals surface area contributed by atoms with Gasteiger partial charge in [0.2, 0.25) is 5.13 Å². The third kappa shape index (κ3) is 2.22. The van der Waals surface area contributed by atoms with Gasteiger partial charge in [0.1, 0.15) is 5.82 Å². The first-order chi connectivity index (χ1) is 9.28. The molecule has 0 bridgehead atoms. The van der Waals surface area contributed by atoms with Crippen molar-refractivity contribution in [3.63, 3.8) is 0 Å². The summed E-state index contributed by atoms with van der Waals surface area (Å²) in [5.41, 5.74) is 8.67. The van der Waals surface area contributed by atoms with Crippen LogP contribution in [0.2, 0.25) is 0 Å². The summed E-state index contributed by atoms with van der Waals surface area (Å²) in [6.45, 7) is 2.03. The van der Waals surface area contributed by atoms with E-state index >= 15 is 0 Å². The number of benzene rings is 1. The van der Waals surface area contributed by atoms with Gasteiger partial charge < -0.3 is 5.73 Å². The highest BCUT2D eigenvalue weighted by Crippen LogP contribution is 2.25. The largest absolute Gasteiger partial charge is 0.398 e. The Labute approximate surface area is 114 Å². The van der Waals surface area contributed by atoms with Gasteiger partial charge >= 0.3 is 0 Å². The zero-order valence-electron chi connectivity index (χ0n) is 10.4. The van der Waals surface area contributed by atoms with E-state index in [1.54, 1.807) is 10.9 Å². The van der Waals surface area contributed by atoms with Crippen LogP contribution in [0.4, 0.5) is 5.69 Å². The molecule has 3 aromatic rings. The van der Waals surface area contributed by atoms with E-state index in [0.29, 0.717) is 0 Å². The van der Waals surface area contributed by atoms with Gasteiger partial charge in [0.15, 0.2) is 0 Å². The lowest BCUT2D eigenvalue weighted by Crippen LogP contribution is -1.93. The van der Waals surface area contributed by atoms with Gasteiger partial charge in [0.25, 0.3) is 0 Å². The second-order valence-corrected chi connectivity index (χ2v) is 4.84. The molecule has 0 amide bonds. The molecule has 0 radical (unpaired) electrons. The zero-order valence-corrected chi connectivity index (χ0v) is 11.3. The van der Waals surface area contributed by atoms with Gasteiger partial charge in [-0.3, -0.25) is 0 Å². The Bertz CT molecular complexity index is 700. The molecule has 3 rings (SSSR count).